The van der Waals surface area contributed by atoms with Gasteiger partial charge in [-0.15, -0.1) is 11.3 Å². The van der Waals surface area contributed by atoms with Crippen LogP contribution in [0.25, 0.3) is 0 Å². The second kappa shape index (κ2) is 5.33. The number of hydrogen-bond acceptors (Lipinski definition) is 2. The molecule has 0 radical (unpaired) electrons. The van der Waals surface area contributed by atoms with Gasteiger partial charge in [-0.05, 0) is 56.8 Å². The second-order valence-electron chi connectivity index (χ2n) is 3.08. The van der Waals surface area contributed by atoms with Crippen LogP contribution in [0.15, 0.2) is 11.4 Å². The summed E-state index contributed by atoms with van der Waals surface area (Å²) >= 11 is 1.93. The van der Waals surface area contributed by atoms with E-state index in [9.17, 15) is 0 Å². The molecule has 68 valence electrons. The number of thiophene rings is 1. The molecule has 1 nitrogen and oxygen atoms in total. The molecule has 1 aliphatic carbocycles. The van der Waals surface area contributed by atoms with Crippen LogP contribution >= 0.6 is 11.3 Å². The Morgan fingerprint density at radius 2 is 1.92 bits per heavy atom. The molecule has 2 heteroatoms. The van der Waals surface area contributed by atoms with Gasteiger partial charge in [0.15, 0.2) is 0 Å². The lowest BCUT2D eigenvalue weighted by Crippen LogP contribution is -1.96. The lowest BCUT2D eigenvalue weighted by atomic mass is 10.00. The predicted octanol–water partition coefficient (Wildman–Crippen LogP) is 2.46. The molecule has 0 aromatic carbocycles. The molecule has 0 spiro atoms. The molecule has 0 fully saturated rings. The maximum atomic E-state index is 2.75. The summed E-state index contributed by atoms with van der Waals surface area (Å²) in [5.74, 6) is 0. The predicted molar refractivity (Wildman–Crippen MR) is 55.9 cm³/mol. The zero-order chi connectivity index (χ0) is 8.81. The van der Waals surface area contributed by atoms with Crippen molar-refractivity contribution in [3.63, 3.8) is 0 Å². The minimum Gasteiger partial charge on any atom is -0.323 e. The Hall–Kier alpha value is -0.340. The highest BCUT2D eigenvalue weighted by Crippen LogP contribution is 2.25. The van der Waals surface area contributed by atoms with Crippen molar-refractivity contribution in [1.29, 1.82) is 0 Å². The van der Waals surface area contributed by atoms with Gasteiger partial charge >= 0.3 is 0 Å². The minimum atomic E-state index is 1.33. The molecule has 0 saturated heterocycles. The third kappa shape index (κ3) is 2.61. The molecule has 1 aromatic heterocycles. The molecule has 1 aromatic rings. The van der Waals surface area contributed by atoms with Gasteiger partial charge in [-0.25, -0.2) is 0 Å². The molecule has 0 amide bonds. The Morgan fingerprint density at radius 3 is 2.58 bits per heavy atom. The van der Waals surface area contributed by atoms with Gasteiger partial charge in [0.25, 0.3) is 0 Å². The lowest BCUT2D eigenvalue weighted by Gasteiger charge is -2.08. The molecule has 1 aliphatic rings. The molecule has 0 unspecified atom stereocenters. The summed E-state index contributed by atoms with van der Waals surface area (Å²) in [7, 11) is 3.75. The first kappa shape index (κ1) is 9.75. The van der Waals surface area contributed by atoms with Crippen molar-refractivity contribution in [3.05, 3.63) is 21.9 Å². The Morgan fingerprint density at radius 1 is 1.25 bits per heavy atom. The highest BCUT2D eigenvalue weighted by atomic mass is 32.1. The first-order valence-electron chi connectivity index (χ1n) is 4.52. The van der Waals surface area contributed by atoms with E-state index in [1.165, 1.54) is 25.7 Å². The molecule has 0 bridgehead atoms. The van der Waals surface area contributed by atoms with E-state index in [1.54, 1.807) is 10.4 Å². The standard InChI is InChI=1S/C8H10S.C2H7N/c1-2-4-8-7(3-1)5-6-9-8;1-3-2/h5-6H,1-4H2;3H,1-2H3. The van der Waals surface area contributed by atoms with Gasteiger partial charge in [0.05, 0.1) is 0 Å². The molecule has 2 rings (SSSR count). The Bertz CT molecular complexity index is 197. The topological polar surface area (TPSA) is 12.0 Å². The molecule has 0 atom stereocenters. The summed E-state index contributed by atoms with van der Waals surface area (Å²) < 4.78 is 0. The number of nitrogens with one attached hydrogen (secondary N) is 1. The minimum absolute atomic E-state index is 1.33. The fourth-order valence-corrected chi connectivity index (χ4v) is 2.39. The van der Waals surface area contributed by atoms with Crippen LogP contribution in [0.1, 0.15) is 23.3 Å². The van der Waals surface area contributed by atoms with Gasteiger partial charge < -0.3 is 5.32 Å². The third-order valence-electron chi connectivity index (χ3n) is 1.94. The number of fused-ring (bicyclic) bond motifs is 1. The van der Waals surface area contributed by atoms with Crippen LogP contribution in [0, 0.1) is 0 Å². The summed E-state index contributed by atoms with van der Waals surface area (Å²) in [6, 6.07) is 2.28. The van der Waals surface area contributed by atoms with Gasteiger partial charge in [-0.3, -0.25) is 0 Å². The van der Waals surface area contributed by atoms with Crippen LogP contribution in [-0.2, 0) is 12.8 Å². The molecule has 0 aliphatic heterocycles. The van der Waals surface area contributed by atoms with Crippen LogP contribution in [0.5, 0.6) is 0 Å². The fourth-order valence-electron chi connectivity index (χ4n) is 1.41. The fraction of sp³-hybridized carbons (Fsp3) is 0.600. The molecular weight excluding hydrogens is 166 g/mol. The Balaban J connectivity index is 0.000000213. The van der Waals surface area contributed by atoms with E-state index in [0.29, 0.717) is 0 Å². The maximum Gasteiger partial charge on any atom is 0.00772 e. The quantitative estimate of drug-likeness (QED) is 0.651. The lowest BCUT2D eigenvalue weighted by molar-refractivity contribution is 0.697. The third-order valence-corrected chi connectivity index (χ3v) is 2.96. The van der Waals surface area contributed by atoms with Gasteiger partial charge in [0.2, 0.25) is 0 Å². The van der Waals surface area contributed by atoms with Crippen molar-refractivity contribution < 1.29 is 0 Å². The van der Waals surface area contributed by atoms with Crippen molar-refractivity contribution >= 4 is 11.3 Å². The summed E-state index contributed by atoms with van der Waals surface area (Å²) in [6.07, 6.45) is 5.49. The van der Waals surface area contributed by atoms with Crippen LogP contribution in [0.3, 0.4) is 0 Å². The van der Waals surface area contributed by atoms with Crippen LogP contribution in [-0.4, -0.2) is 14.1 Å². The van der Waals surface area contributed by atoms with E-state index in [2.05, 4.69) is 16.8 Å². The molecular formula is C10H17NS. The SMILES string of the molecule is CNC.c1cc2c(s1)CCCC2. The maximum absolute atomic E-state index is 2.75. The smallest absolute Gasteiger partial charge is 0.00772 e. The van der Waals surface area contributed by atoms with Gasteiger partial charge in [0.1, 0.15) is 0 Å². The van der Waals surface area contributed by atoms with Crippen molar-refractivity contribution in [3.8, 4) is 0 Å². The summed E-state index contributed by atoms with van der Waals surface area (Å²) in [5.41, 5.74) is 1.62. The van der Waals surface area contributed by atoms with E-state index >= 15 is 0 Å². The molecule has 1 N–H and O–H groups in total. The van der Waals surface area contributed by atoms with E-state index in [1.807, 2.05) is 25.4 Å². The van der Waals surface area contributed by atoms with Gasteiger partial charge in [-0.2, -0.15) is 0 Å². The number of rotatable bonds is 0. The average molecular weight is 183 g/mol. The van der Waals surface area contributed by atoms with Crippen molar-refractivity contribution in [2.45, 2.75) is 25.7 Å². The van der Waals surface area contributed by atoms with E-state index in [4.69, 9.17) is 0 Å². The Kier molecular flexibility index (Phi) is 4.33. The first-order chi connectivity index (χ1) is 5.88. The van der Waals surface area contributed by atoms with Crippen molar-refractivity contribution in [2.75, 3.05) is 14.1 Å². The molecule has 12 heavy (non-hydrogen) atoms. The van der Waals surface area contributed by atoms with Crippen LogP contribution < -0.4 is 5.32 Å². The summed E-state index contributed by atoms with van der Waals surface area (Å²) in [6.45, 7) is 0. The second-order valence-corrected chi connectivity index (χ2v) is 4.08. The van der Waals surface area contributed by atoms with Crippen molar-refractivity contribution in [2.24, 2.45) is 0 Å². The van der Waals surface area contributed by atoms with E-state index < -0.39 is 0 Å². The summed E-state index contributed by atoms with van der Waals surface area (Å²) in [5, 5.41) is 4.97. The normalized spacial score (nSPS) is 14.5. The first-order valence-corrected chi connectivity index (χ1v) is 5.40. The number of hydrogen-bond donors (Lipinski definition) is 1. The van der Waals surface area contributed by atoms with Gasteiger partial charge in [0, 0.05) is 4.88 Å². The average Bonchev–Trinajstić information content (AvgIpc) is 2.52. The van der Waals surface area contributed by atoms with Crippen LogP contribution in [0.4, 0.5) is 0 Å². The summed E-state index contributed by atoms with van der Waals surface area (Å²) in [4.78, 5) is 1.64. The zero-order valence-electron chi connectivity index (χ0n) is 7.89. The molecule has 0 saturated carbocycles. The zero-order valence-corrected chi connectivity index (χ0v) is 8.71. The largest absolute Gasteiger partial charge is 0.323 e. The van der Waals surface area contributed by atoms with E-state index in [-0.39, 0.29) is 0 Å². The number of aryl methyl sites for hydroxylation is 2. The highest BCUT2D eigenvalue weighted by Gasteiger charge is 2.08. The Labute approximate surface area is 78.8 Å². The van der Waals surface area contributed by atoms with Gasteiger partial charge in [-0.1, -0.05) is 0 Å². The molecule has 1 heterocycles. The monoisotopic (exact) mass is 183 g/mol. The highest BCUT2D eigenvalue weighted by molar-refractivity contribution is 7.10. The van der Waals surface area contributed by atoms with Crippen molar-refractivity contribution in [1.82, 2.24) is 5.32 Å². The van der Waals surface area contributed by atoms with E-state index in [0.717, 1.165) is 0 Å². The van der Waals surface area contributed by atoms with Crippen LogP contribution in [0.2, 0.25) is 0 Å².